The average Bonchev–Trinajstić information content (AvgIpc) is 2.67. The summed E-state index contributed by atoms with van der Waals surface area (Å²) >= 11 is 0.896. The third kappa shape index (κ3) is 5.58. The van der Waals surface area contributed by atoms with Crippen LogP contribution in [-0.4, -0.2) is 33.4 Å². The zero-order valence-electron chi connectivity index (χ0n) is 16.2. The van der Waals surface area contributed by atoms with Gasteiger partial charge in [0.1, 0.15) is 12.2 Å². The zero-order chi connectivity index (χ0) is 19.9. The Kier molecular flexibility index (Phi) is 7.45. The number of carbonyl (C=O) groups is 2. The van der Waals surface area contributed by atoms with Crippen molar-refractivity contribution in [1.29, 1.82) is 0 Å². The van der Waals surface area contributed by atoms with Gasteiger partial charge in [-0.25, -0.2) is 5.01 Å². The highest BCUT2D eigenvalue weighted by molar-refractivity contribution is 7.92. The van der Waals surface area contributed by atoms with Crippen LogP contribution in [0.4, 0.5) is 0 Å². The van der Waals surface area contributed by atoms with Crippen LogP contribution < -0.4 is 0 Å². The Balaban J connectivity index is 2.43. The minimum Gasteiger partial charge on any atom is -0.295 e. The molecule has 2 aromatic rings. The smallest absolute Gasteiger partial charge is 0.284 e. The summed E-state index contributed by atoms with van der Waals surface area (Å²) in [4.78, 5) is 26.5. The van der Waals surface area contributed by atoms with Crippen LogP contribution in [-0.2, 0) is 4.18 Å². The van der Waals surface area contributed by atoms with E-state index in [1.54, 1.807) is 48.5 Å². The lowest BCUT2D eigenvalue weighted by Gasteiger charge is -2.41. The van der Waals surface area contributed by atoms with Crippen LogP contribution in [0.3, 0.4) is 0 Å². The molecule has 0 unspecified atom stereocenters. The van der Waals surface area contributed by atoms with Gasteiger partial charge in [-0.2, -0.15) is 4.41 Å². The molecular weight excluding hydrogens is 360 g/mol. The number of hydrogen-bond acceptors (Lipinski definition) is 4. The van der Waals surface area contributed by atoms with Crippen LogP contribution in [0.2, 0.25) is 0 Å². The summed E-state index contributed by atoms with van der Waals surface area (Å²) in [6, 6.07) is 17.8. The maximum atomic E-state index is 13.3. The molecular formula is C21H26N2O3S. The molecule has 0 spiro atoms. The number of nitrogens with zero attached hydrogens (tertiary/aromatic N) is 2. The summed E-state index contributed by atoms with van der Waals surface area (Å²) in [7, 11) is 0. The number of hydrazine groups is 1. The van der Waals surface area contributed by atoms with Crippen LogP contribution in [0.15, 0.2) is 60.7 Å². The molecule has 27 heavy (non-hydrogen) atoms. The highest BCUT2D eigenvalue weighted by atomic mass is 32.2. The lowest BCUT2D eigenvalue weighted by Crippen LogP contribution is -2.55. The number of hydrogen-bond donors (Lipinski definition) is 0. The van der Waals surface area contributed by atoms with Gasteiger partial charge in [-0.1, -0.05) is 43.3 Å². The first kappa shape index (κ1) is 21.0. The SMILES string of the molecule is CCCOSN(C(=O)c1ccccc1)N(C(=O)c1ccccc1)C(C)(C)C. The monoisotopic (exact) mass is 386 g/mol. The molecule has 0 aromatic heterocycles. The van der Waals surface area contributed by atoms with Crippen LogP contribution in [0.1, 0.15) is 54.8 Å². The predicted molar refractivity (Wildman–Crippen MR) is 109 cm³/mol. The van der Waals surface area contributed by atoms with Crippen molar-refractivity contribution in [2.75, 3.05) is 6.61 Å². The molecule has 2 rings (SSSR count). The Hall–Kier alpha value is -2.31. The number of benzene rings is 2. The van der Waals surface area contributed by atoms with Gasteiger partial charge in [0.25, 0.3) is 11.8 Å². The number of carbonyl (C=O) groups excluding carboxylic acids is 2. The topological polar surface area (TPSA) is 49.9 Å². The summed E-state index contributed by atoms with van der Waals surface area (Å²) in [5.41, 5.74) is 0.356. The third-order valence-corrected chi connectivity index (χ3v) is 4.38. The van der Waals surface area contributed by atoms with Crippen LogP contribution in [0.25, 0.3) is 0 Å². The first-order valence-corrected chi connectivity index (χ1v) is 9.64. The summed E-state index contributed by atoms with van der Waals surface area (Å²) in [6.07, 6.45) is 0.808. The average molecular weight is 387 g/mol. The normalized spacial score (nSPS) is 11.1. The maximum absolute atomic E-state index is 13.3. The molecule has 0 saturated heterocycles. The van der Waals surface area contributed by atoms with E-state index in [0.29, 0.717) is 17.7 Å². The largest absolute Gasteiger partial charge is 0.295 e. The molecule has 0 saturated carbocycles. The van der Waals surface area contributed by atoms with E-state index in [0.717, 1.165) is 18.6 Å². The van der Waals surface area contributed by atoms with E-state index in [2.05, 4.69) is 0 Å². The predicted octanol–water partition coefficient (Wildman–Crippen LogP) is 4.97. The van der Waals surface area contributed by atoms with Crippen LogP contribution >= 0.6 is 12.2 Å². The van der Waals surface area contributed by atoms with Crippen molar-refractivity contribution < 1.29 is 13.8 Å². The van der Waals surface area contributed by atoms with Gasteiger partial charge >= 0.3 is 0 Å². The highest BCUT2D eigenvalue weighted by Crippen LogP contribution is 2.28. The first-order valence-electron chi connectivity index (χ1n) is 8.95. The Bertz CT molecular complexity index is 745. The van der Waals surface area contributed by atoms with Crippen LogP contribution in [0, 0.1) is 0 Å². The summed E-state index contributed by atoms with van der Waals surface area (Å²) < 4.78 is 6.90. The van der Waals surface area contributed by atoms with Gasteiger partial charge in [-0.3, -0.25) is 13.8 Å². The van der Waals surface area contributed by atoms with Crippen molar-refractivity contribution in [3.05, 3.63) is 71.8 Å². The van der Waals surface area contributed by atoms with Gasteiger partial charge in [-0.05, 0) is 51.5 Å². The fourth-order valence-electron chi connectivity index (χ4n) is 2.38. The van der Waals surface area contributed by atoms with Gasteiger partial charge in [0.05, 0.1) is 12.1 Å². The number of rotatable bonds is 6. The molecule has 0 heterocycles. The Morgan fingerprint density at radius 3 is 1.81 bits per heavy atom. The lowest BCUT2D eigenvalue weighted by molar-refractivity contribution is -0.00306. The zero-order valence-corrected chi connectivity index (χ0v) is 17.0. The molecule has 0 atom stereocenters. The van der Waals surface area contributed by atoms with E-state index in [1.165, 1.54) is 9.42 Å². The van der Waals surface area contributed by atoms with Crippen molar-refractivity contribution in [3.63, 3.8) is 0 Å². The standard InChI is InChI=1S/C21H26N2O3S/c1-5-16-26-27-23(20(25)18-14-10-7-11-15-18)22(21(2,3)4)19(24)17-12-8-6-9-13-17/h6-15H,5,16H2,1-4H3. The molecule has 144 valence electrons. The van der Waals surface area contributed by atoms with E-state index in [4.69, 9.17) is 4.18 Å². The highest BCUT2D eigenvalue weighted by Gasteiger charge is 2.37. The Morgan fingerprint density at radius 1 is 0.889 bits per heavy atom. The third-order valence-electron chi connectivity index (χ3n) is 3.64. The minimum atomic E-state index is -0.639. The summed E-state index contributed by atoms with van der Waals surface area (Å²) in [6.45, 7) is 8.12. The molecule has 0 aliphatic heterocycles. The molecule has 0 radical (unpaired) electrons. The minimum absolute atomic E-state index is 0.264. The van der Waals surface area contributed by atoms with E-state index in [9.17, 15) is 9.59 Å². The van der Waals surface area contributed by atoms with Crippen LogP contribution in [0.5, 0.6) is 0 Å². The van der Waals surface area contributed by atoms with Crippen molar-refractivity contribution in [2.24, 2.45) is 0 Å². The molecule has 0 bridgehead atoms. The van der Waals surface area contributed by atoms with Crippen molar-refractivity contribution in [2.45, 2.75) is 39.7 Å². The number of amides is 2. The second kappa shape index (κ2) is 9.58. The first-order chi connectivity index (χ1) is 12.9. The Morgan fingerprint density at radius 2 is 1.37 bits per heavy atom. The maximum Gasteiger partial charge on any atom is 0.284 e. The Labute approximate surface area is 165 Å². The van der Waals surface area contributed by atoms with E-state index in [1.807, 2.05) is 39.8 Å². The molecule has 0 N–H and O–H groups in total. The molecule has 0 aliphatic rings. The summed E-state index contributed by atoms with van der Waals surface area (Å²) in [5, 5.41) is 1.46. The second-order valence-electron chi connectivity index (χ2n) is 6.99. The molecule has 5 nitrogen and oxygen atoms in total. The fourth-order valence-corrected chi connectivity index (χ4v) is 3.28. The quantitative estimate of drug-likeness (QED) is 0.304. The fraction of sp³-hybridized carbons (Fsp3) is 0.333. The molecule has 0 fully saturated rings. The van der Waals surface area contributed by atoms with E-state index in [-0.39, 0.29) is 11.8 Å². The summed E-state index contributed by atoms with van der Waals surface area (Å²) in [5.74, 6) is -0.573. The molecule has 2 amide bonds. The van der Waals surface area contributed by atoms with Gasteiger partial charge in [0.15, 0.2) is 0 Å². The second-order valence-corrected chi connectivity index (χ2v) is 7.73. The van der Waals surface area contributed by atoms with E-state index < -0.39 is 5.54 Å². The molecule has 6 heteroatoms. The van der Waals surface area contributed by atoms with Crippen molar-refractivity contribution in [1.82, 2.24) is 9.42 Å². The van der Waals surface area contributed by atoms with Gasteiger partial charge < -0.3 is 0 Å². The van der Waals surface area contributed by atoms with Gasteiger partial charge in [0.2, 0.25) is 0 Å². The van der Waals surface area contributed by atoms with Crippen molar-refractivity contribution >= 4 is 24.0 Å². The van der Waals surface area contributed by atoms with Gasteiger partial charge in [0, 0.05) is 11.1 Å². The van der Waals surface area contributed by atoms with E-state index >= 15 is 0 Å². The molecule has 2 aromatic carbocycles. The van der Waals surface area contributed by atoms with Gasteiger partial charge in [-0.15, -0.1) is 0 Å². The lowest BCUT2D eigenvalue weighted by atomic mass is 10.1. The molecule has 0 aliphatic carbocycles. The van der Waals surface area contributed by atoms with Crippen molar-refractivity contribution in [3.8, 4) is 0 Å².